The van der Waals surface area contributed by atoms with Crippen LogP contribution in [0.25, 0.3) is 11.1 Å². The summed E-state index contributed by atoms with van der Waals surface area (Å²) in [5, 5.41) is 0. The monoisotopic (exact) mass is 496 g/mol. The maximum absolute atomic E-state index is 13.2. The lowest BCUT2D eigenvalue weighted by molar-refractivity contribution is -0.155. The van der Waals surface area contributed by atoms with Gasteiger partial charge in [0, 0.05) is 13.6 Å². The average Bonchev–Trinajstić information content (AvgIpc) is 2.90. The number of piperazine rings is 1. The molecule has 1 atom stereocenters. The number of carbonyl (C=O) groups excluding carboxylic acids is 2. The van der Waals surface area contributed by atoms with Crippen molar-refractivity contribution in [2.75, 3.05) is 34.9 Å². The summed E-state index contributed by atoms with van der Waals surface area (Å²) in [6, 6.07) is 11.5. The van der Waals surface area contributed by atoms with Crippen LogP contribution >= 0.6 is 0 Å². The standard InChI is InChI=1S/C29H40N2O5/c1-6-7-8-9-10-11-12-24-29(33)31(20-27(32)30(24)2)19-21-13-15-22(16-14-21)23-17-25(34-3)28(36-5)26(18-23)35-4/h13-18,24H,6-12,19-20H2,1-5H3. The minimum Gasteiger partial charge on any atom is -0.493 e. The molecule has 0 saturated carbocycles. The van der Waals surface area contributed by atoms with Crippen molar-refractivity contribution >= 4 is 11.8 Å². The molecule has 2 aromatic rings. The average molecular weight is 497 g/mol. The first-order chi connectivity index (χ1) is 17.4. The van der Waals surface area contributed by atoms with E-state index in [-0.39, 0.29) is 24.4 Å². The van der Waals surface area contributed by atoms with E-state index in [9.17, 15) is 9.59 Å². The molecule has 0 spiro atoms. The zero-order valence-electron chi connectivity index (χ0n) is 22.3. The molecule has 1 heterocycles. The molecule has 1 aliphatic heterocycles. The largest absolute Gasteiger partial charge is 0.493 e. The fourth-order valence-corrected chi connectivity index (χ4v) is 4.74. The van der Waals surface area contributed by atoms with Crippen LogP contribution in [0.4, 0.5) is 0 Å². The van der Waals surface area contributed by atoms with Crippen LogP contribution in [0.15, 0.2) is 36.4 Å². The molecule has 0 aliphatic carbocycles. The number of amides is 2. The molecular weight excluding hydrogens is 456 g/mol. The summed E-state index contributed by atoms with van der Waals surface area (Å²) in [7, 11) is 6.53. The second-order valence-corrected chi connectivity index (χ2v) is 9.38. The molecule has 3 rings (SSSR count). The van der Waals surface area contributed by atoms with E-state index < -0.39 is 0 Å². The molecule has 2 aromatic carbocycles. The van der Waals surface area contributed by atoms with Crippen LogP contribution in [-0.4, -0.2) is 62.6 Å². The van der Waals surface area contributed by atoms with Crippen LogP contribution in [0.1, 0.15) is 57.4 Å². The first kappa shape index (κ1) is 27.4. The van der Waals surface area contributed by atoms with Gasteiger partial charge in [-0.1, -0.05) is 69.7 Å². The smallest absolute Gasteiger partial charge is 0.246 e. The second kappa shape index (κ2) is 13.2. The van der Waals surface area contributed by atoms with Gasteiger partial charge in [-0.2, -0.15) is 0 Å². The molecule has 2 amide bonds. The number of ether oxygens (including phenoxy) is 3. The van der Waals surface area contributed by atoms with Gasteiger partial charge in [0.25, 0.3) is 0 Å². The van der Waals surface area contributed by atoms with E-state index in [4.69, 9.17) is 14.2 Å². The van der Waals surface area contributed by atoms with Crippen LogP contribution in [0.2, 0.25) is 0 Å². The Morgan fingerprint density at radius 1 is 0.833 bits per heavy atom. The summed E-state index contributed by atoms with van der Waals surface area (Å²) in [6.07, 6.45) is 7.70. The molecule has 1 unspecified atom stereocenters. The Hall–Kier alpha value is -3.22. The Bertz CT molecular complexity index is 996. The highest BCUT2D eigenvalue weighted by atomic mass is 16.5. The van der Waals surface area contributed by atoms with Crippen molar-refractivity contribution < 1.29 is 23.8 Å². The summed E-state index contributed by atoms with van der Waals surface area (Å²) in [5.74, 6) is 1.77. The summed E-state index contributed by atoms with van der Waals surface area (Å²) in [6.45, 7) is 2.74. The predicted molar refractivity (Wildman–Crippen MR) is 142 cm³/mol. The molecule has 0 N–H and O–H groups in total. The fraction of sp³-hybridized carbons (Fsp3) is 0.517. The van der Waals surface area contributed by atoms with Crippen molar-refractivity contribution in [3.05, 3.63) is 42.0 Å². The van der Waals surface area contributed by atoms with Gasteiger partial charge in [0.2, 0.25) is 17.6 Å². The zero-order valence-corrected chi connectivity index (χ0v) is 22.3. The summed E-state index contributed by atoms with van der Waals surface area (Å²) >= 11 is 0. The van der Waals surface area contributed by atoms with Gasteiger partial charge in [-0.25, -0.2) is 0 Å². The van der Waals surface area contributed by atoms with Crippen molar-refractivity contribution in [1.82, 2.24) is 9.80 Å². The molecule has 0 aromatic heterocycles. The molecule has 7 heteroatoms. The van der Waals surface area contributed by atoms with Gasteiger partial charge in [-0.3, -0.25) is 9.59 Å². The topological polar surface area (TPSA) is 68.3 Å². The normalized spacial score (nSPS) is 15.9. The van der Waals surface area contributed by atoms with Crippen molar-refractivity contribution in [1.29, 1.82) is 0 Å². The van der Waals surface area contributed by atoms with E-state index in [2.05, 4.69) is 6.92 Å². The fourth-order valence-electron chi connectivity index (χ4n) is 4.74. The molecule has 0 radical (unpaired) electrons. The van der Waals surface area contributed by atoms with Crippen LogP contribution in [0.3, 0.4) is 0 Å². The van der Waals surface area contributed by atoms with Crippen molar-refractivity contribution in [2.24, 2.45) is 0 Å². The number of benzene rings is 2. The van der Waals surface area contributed by atoms with Crippen LogP contribution in [-0.2, 0) is 16.1 Å². The third kappa shape index (κ3) is 6.50. The molecule has 1 saturated heterocycles. The van der Waals surface area contributed by atoms with Gasteiger partial charge in [-0.15, -0.1) is 0 Å². The number of unbranched alkanes of at least 4 members (excludes halogenated alkanes) is 5. The first-order valence-electron chi connectivity index (χ1n) is 12.9. The molecule has 196 valence electrons. The van der Waals surface area contributed by atoms with E-state index in [1.807, 2.05) is 36.4 Å². The number of hydrogen-bond donors (Lipinski definition) is 0. The molecular formula is C29H40N2O5. The maximum Gasteiger partial charge on any atom is 0.246 e. The van der Waals surface area contributed by atoms with Gasteiger partial charge >= 0.3 is 0 Å². The van der Waals surface area contributed by atoms with E-state index >= 15 is 0 Å². The highest BCUT2D eigenvalue weighted by Crippen LogP contribution is 2.41. The van der Waals surface area contributed by atoms with E-state index in [1.165, 1.54) is 25.7 Å². The van der Waals surface area contributed by atoms with Crippen molar-refractivity contribution in [3.8, 4) is 28.4 Å². The Kier molecular flexibility index (Phi) is 10.0. The Labute approximate surface area is 215 Å². The van der Waals surface area contributed by atoms with Gasteiger partial charge < -0.3 is 24.0 Å². The number of hydrogen-bond acceptors (Lipinski definition) is 5. The van der Waals surface area contributed by atoms with E-state index in [0.29, 0.717) is 23.8 Å². The number of likely N-dealkylation sites (N-methyl/N-ethyl adjacent to an activating group) is 1. The van der Waals surface area contributed by atoms with Crippen LogP contribution in [0.5, 0.6) is 17.2 Å². The molecule has 1 fully saturated rings. The second-order valence-electron chi connectivity index (χ2n) is 9.38. The first-order valence-corrected chi connectivity index (χ1v) is 12.9. The van der Waals surface area contributed by atoms with E-state index in [0.717, 1.165) is 36.0 Å². The highest BCUT2D eigenvalue weighted by Gasteiger charge is 2.36. The summed E-state index contributed by atoms with van der Waals surface area (Å²) in [4.78, 5) is 29.2. The number of methoxy groups -OCH3 is 3. The third-order valence-electron chi connectivity index (χ3n) is 6.94. The Morgan fingerprint density at radius 2 is 1.44 bits per heavy atom. The van der Waals surface area contributed by atoms with Gasteiger partial charge in [0.15, 0.2) is 11.5 Å². The van der Waals surface area contributed by atoms with Gasteiger partial charge in [0.05, 0.1) is 21.3 Å². The van der Waals surface area contributed by atoms with Gasteiger partial charge in [0.1, 0.15) is 12.6 Å². The molecule has 7 nitrogen and oxygen atoms in total. The highest BCUT2D eigenvalue weighted by molar-refractivity contribution is 5.94. The molecule has 0 bridgehead atoms. The lowest BCUT2D eigenvalue weighted by Crippen LogP contribution is -2.58. The predicted octanol–water partition coefficient (Wildman–Crippen LogP) is 5.30. The minimum absolute atomic E-state index is 0.000346. The number of carbonyl (C=O) groups is 2. The van der Waals surface area contributed by atoms with Crippen molar-refractivity contribution in [3.63, 3.8) is 0 Å². The SMILES string of the molecule is CCCCCCCCC1C(=O)N(Cc2ccc(-c3cc(OC)c(OC)c(OC)c3)cc2)CC(=O)N1C. The summed E-state index contributed by atoms with van der Waals surface area (Å²) in [5.41, 5.74) is 2.90. The maximum atomic E-state index is 13.2. The van der Waals surface area contributed by atoms with Crippen LogP contribution < -0.4 is 14.2 Å². The van der Waals surface area contributed by atoms with Gasteiger partial charge in [-0.05, 0) is 35.2 Å². The molecule has 1 aliphatic rings. The number of nitrogens with zero attached hydrogens (tertiary/aromatic N) is 2. The van der Waals surface area contributed by atoms with Crippen molar-refractivity contribution in [2.45, 2.75) is 64.5 Å². The number of rotatable bonds is 13. The quantitative estimate of drug-likeness (QED) is 0.352. The van der Waals surface area contributed by atoms with Crippen LogP contribution in [0, 0.1) is 0 Å². The third-order valence-corrected chi connectivity index (χ3v) is 6.94. The molecule has 36 heavy (non-hydrogen) atoms. The zero-order chi connectivity index (χ0) is 26.1. The lowest BCUT2D eigenvalue weighted by Gasteiger charge is -2.38. The lowest BCUT2D eigenvalue weighted by atomic mass is 10.0. The minimum atomic E-state index is -0.365. The van der Waals surface area contributed by atoms with E-state index in [1.54, 1.807) is 38.2 Å². The Balaban J connectivity index is 1.68. The summed E-state index contributed by atoms with van der Waals surface area (Å²) < 4.78 is 16.4. The Morgan fingerprint density at radius 3 is 2.03 bits per heavy atom.